The summed E-state index contributed by atoms with van der Waals surface area (Å²) in [7, 11) is 4.09. The summed E-state index contributed by atoms with van der Waals surface area (Å²) in [4.78, 5) is 27.5. The molecule has 0 spiro atoms. The van der Waals surface area contributed by atoms with E-state index in [1.54, 1.807) is 57.2 Å². The van der Waals surface area contributed by atoms with E-state index in [2.05, 4.69) is 10.5 Å². The Kier molecular flexibility index (Phi) is 12.0. The third kappa shape index (κ3) is 8.40. The Morgan fingerprint density at radius 1 is 1.20 bits per heavy atom. The smallest absolute Gasteiger partial charge is 0.410 e. The minimum Gasteiger partial charge on any atom is -0.497 e. The largest absolute Gasteiger partial charge is 0.497 e. The predicted molar refractivity (Wildman–Crippen MR) is 133 cm³/mol. The molecule has 35 heavy (non-hydrogen) atoms. The SMILES string of the molecule is CO.COc1cccc(/C(=N\O)C(C)NC(=O)C(C)C(OC)C2CCCN2C(=O)OC(C)(C)C)c1. The molecular weight excluding hydrogens is 454 g/mol. The summed E-state index contributed by atoms with van der Waals surface area (Å²) in [6, 6.07) is 6.23. The van der Waals surface area contributed by atoms with E-state index in [0.717, 1.165) is 20.0 Å². The molecule has 0 aromatic heterocycles. The van der Waals surface area contributed by atoms with Crippen LogP contribution in [0, 0.1) is 5.92 Å². The lowest BCUT2D eigenvalue weighted by Gasteiger charge is -2.35. The van der Waals surface area contributed by atoms with Crippen molar-refractivity contribution >= 4 is 17.7 Å². The van der Waals surface area contributed by atoms with E-state index < -0.39 is 29.8 Å². The second-order valence-electron chi connectivity index (χ2n) is 9.32. The van der Waals surface area contributed by atoms with E-state index in [0.29, 0.717) is 23.6 Å². The van der Waals surface area contributed by atoms with Crippen molar-refractivity contribution in [3.63, 3.8) is 0 Å². The molecule has 0 aliphatic carbocycles. The van der Waals surface area contributed by atoms with Crippen molar-refractivity contribution in [3.8, 4) is 5.75 Å². The number of hydrogen-bond acceptors (Lipinski definition) is 8. The Morgan fingerprint density at radius 2 is 1.86 bits per heavy atom. The minimum atomic E-state index is -0.606. The van der Waals surface area contributed by atoms with Crippen molar-refractivity contribution in [2.75, 3.05) is 27.9 Å². The van der Waals surface area contributed by atoms with Crippen molar-refractivity contribution in [2.24, 2.45) is 11.1 Å². The zero-order valence-electron chi connectivity index (χ0n) is 22.1. The number of nitrogens with zero attached hydrogens (tertiary/aromatic N) is 2. The number of ether oxygens (including phenoxy) is 3. The fraction of sp³-hybridized carbons (Fsp3) is 0.640. The van der Waals surface area contributed by atoms with E-state index in [9.17, 15) is 14.8 Å². The maximum absolute atomic E-state index is 13.1. The van der Waals surface area contributed by atoms with Crippen LogP contribution in [0.5, 0.6) is 5.75 Å². The van der Waals surface area contributed by atoms with Gasteiger partial charge in [-0.2, -0.15) is 0 Å². The standard InChI is InChI=1S/C24H37N3O6.CH4O/c1-15(21(32-7)19-12-9-13-27(19)23(29)33-24(3,4)5)22(28)25-16(2)20(26-30)17-10-8-11-18(14-17)31-6;1-2/h8,10-11,14-16,19,21,30H,9,12-13H2,1-7H3,(H,25,28);2H,1H3/b26-20-;. The van der Waals surface area contributed by atoms with E-state index in [-0.39, 0.29) is 11.9 Å². The van der Waals surface area contributed by atoms with Gasteiger partial charge in [0.15, 0.2) is 0 Å². The number of aliphatic hydroxyl groups is 1. The van der Waals surface area contributed by atoms with E-state index in [1.807, 2.05) is 20.8 Å². The number of methoxy groups -OCH3 is 2. The Balaban J connectivity index is 0.00000298. The molecule has 4 unspecified atom stereocenters. The van der Waals surface area contributed by atoms with Gasteiger partial charge in [-0.25, -0.2) is 4.79 Å². The highest BCUT2D eigenvalue weighted by Gasteiger charge is 2.41. The average Bonchev–Trinajstić information content (AvgIpc) is 3.30. The molecular formula is C25H41N3O7. The summed E-state index contributed by atoms with van der Waals surface area (Å²) < 4.78 is 16.5. The normalized spacial score (nSPS) is 18.6. The molecule has 0 radical (unpaired) electrons. The van der Waals surface area contributed by atoms with Crippen LogP contribution < -0.4 is 10.1 Å². The van der Waals surface area contributed by atoms with Crippen LogP contribution in [0.2, 0.25) is 0 Å². The number of nitrogens with one attached hydrogen (secondary N) is 1. The average molecular weight is 496 g/mol. The summed E-state index contributed by atoms with van der Waals surface area (Å²) in [5, 5.41) is 22.9. The van der Waals surface area contributed by atoms with Crippen LogP contribution in [0.4, 0.5) is 4.79 Å². The molecule has 1 aliphatic rings. The van der Waals surface area contributed by atoms with Crippen LogP contribution in [-0.2, 0) is 14.3 Å². The fourth-order valence-electron chi connectivity index (χ4n) is 4.11. The predicted octanol–water partition coefficient (Wildman–Crippen LogP) is 3.04. The van der Waals surface area contributed by atoms with Crippen molar-refractivity contribution < 1.29 is 34.1 Å². The van der Waals surface area contributed by atoms with Gasteiger partial charge in [-0.1, -0.05) is 24.2 Å². The lowest BCUT2D eigenvalue weighted by atomic mass is 9.94. The second kappa shape index (κ2) is 13.9. The highest BCUT2D eigenvalue weighted by atomic mass is 16.6. The number of benzene rings is 1. The zero-order chi connectivity index (χ0) is 26.8. The number of aliphatic hydroxyl groups excluding tert-OH is 1. The van der Waals surface area contributed by atoms with E-state index in [1.165, 1.54) is 0 Å². The summed E-state index contributed by atoms with van der Waals surface area (Å²) in [5.41, 5.74) is 0.331. The number of carbonyl (C=O) groups is 2. The third-order valence-electron chi connectivity index (χ3n) is 5.73. The van der Waals surface area contributed by atoms with Crippen molar-refractivity contribution in [1.29, 1.82) is 0 Å². The van der Waals surface area contributed by atoms with Crippen LogP contribution in [0.3, 0.4) is 0 Å². The molecule has 0 saturated carbocycles. The third-order valence-corrected chi connectivity index (χ3v) is 5.73. The maximum atomic E-state index is 13.1. The first-order valence-corrected chi connectivity index (χ1v) is 11.7. The van der Waals surface area contributed by atoms with Crippen molar-refractivity contribution in [3.05, 3.63) is 29.8 Å². The number of rotatable bonds is 8. The Hall–Kier alpha value is -2.85. The molecule has 2 rings (SSSR count). The highest BCUT2D eigenvalue weighted by molar-refractivity contribution is 6.05. The second-order valence-corrected chi connectivity index (χ2v) is 9.32. The van der Waals surface area contributed by atoms with Gasteiger partial charge in [0.25, 0.3) is 0 Å². The fourth-order valence-corrected chi connectivity index (χ4v) is 4.11. The lowest BCUT2D eigenvalue weighted by Crippen LogP contribution is -2.52. The molecule has 3 N–H and O–H groups in total. The molecule has 10 heteroatoms. The van der Waals surface area contributed by atoms with Crippen LogP contribution >= 0.6 is 0 Å². The molecule has 1 saturated heterocycles. The number of amides is 2. The quantitative estimate of drug-likeness (QED) is 0.287. The molecule has 1 aliphatic heterocycles. The van der Waals surface area contributed by atoms with Gasteiger partial charge < -0.3 is 34.7 Å². The minimum absolute atomic E-state index is 0.269. The van der Waals surface area contributed by atoms with Crippen LogP contribution in [0.15, 0.2) is 29.4 Å². The monoisotopic (exact) mass is 495 g/mol. The molecule has 1 aromatic rings. The number of likely N-dealkylation sites (tertiary alicyclic amines) is 1. The molecule has 198 valence electrons. The number of oxime groups is 1. The van der Waals surface area contributed by atoms with Crippen LogP contribution in [0.25, 0.3) is 0 Å². The van der Waals surface area contributed by atoms with E-state index >= 15 is 0 Å². The van der Waals surface area contributed by atoms with Gasteiger partial charge in [-0.05, 0) is 52.7 Å². The Labute approximate surface area is 208 Å². The zero-order valence-corrected chi connectivity index (χ0v) is 22.1. The molecule has 10 nitrogen and oxygen atoms in total. The van der Waals surface area contributed by atoms with Crippen molar-refractivity contribution in [2.45, 2.75) is 71.2 Å². The van der Waals surface area contributed by atoms with Gasteiger partial charge >= 0.3 is 6.09 Å². The first kappa shape index (κ1) is 30.2. The summed E-state index contributed by atoms with van der Waals surface area (Å²) in [5.74, 6) is -0.214. The van der Waals surface area contributed by atoms with Crippen LogP contribution in [-0.4, -0.2) is 84.6 Å². The number of carbonyl (C=O) groups excluding carboxylic acids is 2. The summed E-state index contributed by atoms with van der Waals surface area (Å²) >= 11 is 0. The molecule has 0 bridgehead atoms. The molecule has 1 aromatic carbocycles. The Morgan fingerprint density at radius 3 is 2.40 bits per heavy atom. The van der Waals surface area contributed by atoms with Gasteiger partial charge in [0.2, 0.25) is 5.91 Å². The maximum Gasteiger partial charge on any atom is 0.410 e. The molecule has 4 atom stereocenters. The summed E-state index contributed by atoms with van der Waals surface area (Å²) in [6.07, 6.45) is 0.614. The summed E-state index contributed by atoms with van der Waals surface area (Å²) in [6.45, 7) is 9.53. The van der Waals surface area contributed by atoms with Gasteiger partial charge in [-0.15, -0.1) is 0 Å². The molecule has 1 heterocycles. The first-order valence-electron chi connectivity index (χ1n) is 11.7. The van der Waals surface area contributed by atoms with Crippen molar-refractivity contribution in [1.82, 2.24) is 10.2 Å². The first-order chi connectivity index (χ1) is 16.5. The van der Waals surface area contributed by atoms with Gasteiger partial charge in [0, 0.05) is 26.3 Å². The Bertz CT molecular complexity index is 854. The van der Waals surface area contributed by atoms with Gasteiger partial charge in [0.1, 0.15) is 17.1 Å². The molecule has 1 fully saturated rings. The van der Waals surface area contributed by atoms with E-state index in [4.69, 9.17) is 19.3 Å². The van der Waals surface area contributed by atoms with Gasteiger partial charge in [-0.3, -0.25) is 4.79 Å². The number of hydrogen-bond donors (Lipinski definition) is 3. The highest BCUT2D eigenvalue weighted by Crippen LogP contribution is 2.28. The topological polar surface area (TPSA) is 130 Å². The van der Waals surface area contributed by atoms with Gasteiger partial charge in [0.05, 0.1) is 31.2 Å². The lowest BCUT2D eigenvalue weighted by molar-refractivity contribution is -0.131. The molecule has 2 amide bonds. The van der Waals surface area contributed by atoms with Crippen LogP contribution in [0.1, 0.15) is 53.0 Å².